The van der Waals surface area contributed by atoms with Gasteiger partial charge in [-0.25, -0.2) is 4.57 Å². The van der Waals surface area contributed by atoms with Crippen molar-refractivity contribution >= 4 is 18.2 Å². The van der Waals surface area contributed by atoms with Crippen LogP contribution in [0.3, 0.4) is 0 Å². The van der Waals surface area contributed by atoms with Crippen LogP contribution in [-0.4, -0.2) is 30.7 Å². The molecule has 1 saturated heterocycles. The van der Waals surface area contributed by atoms with E-state index in [2.05, 4.69) is 4.52 Å². The van der Waals surface area contributed by atoms with Crippen molar-refractivity contribution in [3.63, 3.8) is 0 Å². The first-order valence-corrected chi connectivity index (χ1v) is 5.93. The lowest BCUT2D eigenvalue weighted by atomic mass is 10.4. The Hall–Kier alpha value is 0.460. The van der Waals surface area contributed by atoms with Crippen LogP contribution in [0.4, 0.5) is 0 Å². The number of rotatable bonds is 2. The largest absolute Gasteiger partial charge is 0.394 e. The van der Waals surface area contributed by atoms with Crippen LogP contribution in [0.5, 0.6) is 0 Å². The van der Waals surface area contributed by atoms with Crippen molar-refractivity contribution < 1.29 is 18.7 Å². The molecule has 60 valence electrons. The van der Waals surface area contributed by atoms with E-state index in [0.29, 0.717) is 5.75 Å². The van der Waals surface area contributed by atoms with Gasteiger partial charge >= 0.3 is 6.80 Å². The number of hydrogen-bond donors (Lipinski definition) is 1. The van der Waals surface area contributed by atoms with E-state index in [4.69, 9.17) is 9.63 Å². The summed E-state index contributed by atoms with van der Waals surface area (Å²) in [6.07, 6.45) is -0.323. The summed E-state index contributed by atoms with van der Waals surface area (Å²) in [5.41, 5.74) is 0. The van der Waals surface area contributed by atoms with E-state index in [1.54, 1.807) is 0 Å². The molecule has 1 aliphatic rings. The molecule has 1 heterocycles. The molecule has 0 spiro atoms. The number of aliphatic hydroxyl groups is 1. The lowest BCUT2D eigenvalue weighted by molar-refractivity contribution is 0.126. The third-order valence-corrected chi connectivity index (χ3v) is 5.07. The van der Waals surface area contributed by atoms with Crippen molar-refractivity contribution in [2.24, 2.45) is 0 Å². The molecular weight excluding hydrogens is 175 g/mol. The summed E-state index contributed by atoms with van der Waals surface area (Å²) >= 11 is 1.13. The average Bonchev–Trinajstić information content (AvgIpc) is 2.33. The first-order valence-electron chi connectivity index (χ1n) is 2.80. The molecule has 0 aromatic rings. The molecule has 1 fully saturated rings. The predicted octanol–water partition coefficient (Wildman–Crippen LogP) is 0.865. The standard InChI is InChI=1S/C4H9O4PS/c1-7-9(6)8-4(2-5)3-10-9/h4-5H,2-3H2,1H3/t4-,9?/m1/s1. The summed E-state index contributed by atoms with van der Waals surface area (Å²) in [5, 5.41) is 8.58. The monoisotopic (exact) mass is 184 g/mol. The summed E-state index contributed by atoms with van der Waals surface area (Å²) in [5.74, 6) is 0.543. The van der Waals surface area contributed by atoms with Crippen LogP contribution >= 0.6 is 18.2 Å². The van der Waals surface area contributed by atoms with Crippen LogP contribution in [-0.2, 0) is 13.6 Å². The van der Waals surface area contributed by atoms with Gasteiger partial charge < -0.3 is 9.63 Å². The normalized spacial score (nSPS) is 40.4. The highest BCUT2D eigenvalue weighted by Crippen LogP contribution is 2.65. The summed E-state index contributed by atoms with van der Waals surface area (Å²) in [6.45, 7) is -2.96. The van der Waals surface area contributed by atoms with E-state index in [0.717, 1.165) is 11.4 Å². The molecule has 0 amide bonds. The van der Waals surface area contributed by atoms with Crippen molar-refractivity contribution in [1.82, 2.24) is 0 Å². The quantitative estimate of drug-likeness (QED) is 0.645. The van der Waals surface area contributed by atoms with Crippen LogP contribution in [0.15, 0.2) is 0 Å². The highest BCUT2D eigenvalue weighted by atomic mass is 32.7. The summed E-state index contributed by atoms with van der Waals surface area (Å²) in [6, 6.07) is 0. The van der Waals surface area contributed by atoms with E-state index >= 15 is 0 Å². The van der Waals surface area contributed by atoms with Crippen LogP contribution in [0.25, 0.3) is 0 Å². The van der Waals surface area contributed by atoms with Crippen molar-refractivity contribution in [2.45, 2.75) is 6.10 Å². The number of aliphatic hydroxyl groups excluding tert-OH is 1. The highest BCUT2D eigenvalue weighted by Gasteiger charge is 2.36. The van der Waals surface area contributed by atoms with E-state index < -0.39 is 6.80 Å². The van der Waals surface area contributed by atoms with Gasteiger partial charge in [-0.1, -0.05) is 0 Å². The molecule has 0 aromatic heterocycles. The molecule has 10 heavy (non-hydrogen) atoms. The fourth-order valence-corrected chi connectivity index (χ4v) is 3.89. The summed E-state index contributed by atoms with van der Waals surface area (Å²) in [7, 11) is 1.34. The zero-order chi connectivity index (χ0) is 7.61. The van der Waals surface area contributed by atoms with Crippen molar-refractivity contribution in [1.29, 1.82) is 0 Å². The molecule has 4 nitrogen and oxygen atoms in total. The van der Waals surface area contributed by atoms with Gasteiger partial charge in [0.2, 0.25) is 0 Å². The van der Waals surface area contributed by atoms with Gasteiger partial charge in [-0.15, -0.1) is 0 Å². The topological polar surface area (TPSA) is 55.8 Å². The van der Waals surface area contributed by atoms with Gasteiger partial charge in [0.25, 0.3) is 0 Å². The second-order valence-electron chi connectivity index (χ2n) is 1.84. The third kappa shape index (κ3) is 1.74. The van der Waals surface area contributed by atoms with Crippen LogP contribution in [0.2, 0.25) is 0 Å². The maximum atomic E-state index is 11.2. The fourth-order valence-electron chi connectivity index (χ4n) is 0.600. The van der Waals surface area contributed by atoms with Crippen LogP contribution in [0.1, 0.15) is 0 Å². The SMILES string of the molecule is COP1(=O)O[C@H](CO)CS1. The van der Waals surface area contributed by atoms with E-state index in [1.807, 2.05) is 0 Å². The Labute approximate surface area is 63.2 Å². The minimum Gasteiger partial charge on any atom is -0.394 e. The van der Waals surface area contributed by atoms with E-state index in [-0.39, 0.29) is 12.7 Å². The predicted molar refractivity (Wildman–Crippen MR) is 39.0 cm³/mol. The molecule has 0 aliphatic carbocycles. The molecule has 0 aromatic carbocycles. The summed E-state index contributed by atoms with van der Waals surface area (Å²) < 4.78 is 20.7. The van der Waals surface area contributed by atoms with Crippen molar-refractivity contribution in [3.8, 4) is 0 Å². The molecule has 1 N–H and O–H groups in total. The molecule has 0 bridgehead atoms. The molecular formula is C4H9O4PS. The molecule has 1 unspecified atom stereocenters. The lowest BCUT2D eigenvalue weighted by Crippen LogP contribution is -2.12. The van der Waals surface area contributed by atoms with E-state index in [9.17, 15) is 4.57 Å². The smallest absolute Gasteiger partial charge is 0.389 e. The maximum absolute atomic E-state index is 11.2. The zero-order valence-corrected chi connectivity index (χ0v) is 7.23. The Morgan fingerprint density at radius 2 is 2.70 bits per heavy atom. The second-order valence-corrected chi connectivity index (χ2v) is 6.01. The molecule has 2 atom stereocenters. The summed E-state index contributed by atoms with van der Waals surface area (Å²) in [4.78, 5) is 0. The van der Waals surface area contributed by atoms with Crippen molar-refractivity contribution in [2.75, 3.05) is 19.5 Å². The lowest BCUT2D eigenvalue weighted by Gasteiger charge is -2.07. The van der Waals surface area contributed by atoms with E-state index in [1.165, 1.54) is 7.11 Å². The molecule has 0 radical (unpaired) electrons. The molecule has 1 rings (SSSR count). The Kier molecular flexibility index (Phi) is 2.77. The van der Waals surface area contributed by atoms with Gasteiger partial charge in [-0.05, 0) is 11.4 Å². The number of hydrogen-bond acceptors (Lipinski definition) is 5. The van der Waals surface area contributed by atoms with Gasteiger partial charge in [-0.2, -0.15) is 0 Å². The third-order valence-electron chi connectivity index (χ3n) is 1.12. The van der Waals surface area contributed by atoms with Gasteiger partial charge in [0.15, 0.2) is 0 Å². The Morgan fingerprint density at radius 3 is 3.00 bits per heavy atom. The van der Waals surface area contributed by atoms with Crippen LogP contribution < -0.4 is 0 Å². The second kappa shape index (κ2) is 3.24. The Bertz CT molecular complexity index is 161. The molecule has 6 heteroatoms. The fraction of sp³-hybridized carbons (Fsp3) is 1.00. The first-order chi connectivity index (χ1) is 4.70. The van der Waals surface area contributed by atoms with Gasteiger partial charge in [-0.3, -0.25) is 4.52 Å². The first kappa shape index (κ1) is 8.56. The van der Waals surface area contributed by atoms with Crippen molar-refractivity contribution in [3.05, 3.63) is 0 Å². The minimum atomic E-state index is -2.87. The Balaban J connectivity index is 2.49. The van der Waals surface area contributed by atoms with Crippen LogP contribution in [0, 0.1) is 0 Å². The molecule has 0 saturated carbocycles. The maximum Gasteiger partial charge on any atom is 0.389 e. The average molecular weight is 184 g/mol. The van der Waals surface area contributed by atoms with Gasteiger partial charge in [0.05, 0.1) is 6.61 Å². The highest BCUT2D eigenvalue weighted by molar-refractivity contribution is 8.55. The Morgan fingerprint density at radius 1 is 2.00 bits per heavy atom. The molecule has 1 aliphatic heterocycles. The zero-order valence-electron chi connectivity index (χ0n) is 5.52. The van der Waals surface area contributed by atoms with Gasteiger partial charge in [0.1, 0.15) is 6.10 Å². The van der Waals surface area contributed by atoms with Gasteiger partial charge in [0, 0.05) is 12.9 Å². The minimum absolute atomic E-state index is 0.0969.